The number of aryl methyl sites for hydroxylation is 2. The zero-order chi connectivity index (χ0) is 20.9. The zero-order valence-corrected chi connectivity index (χ0v) is 18.6. The lowest BCUT2D eigenvalue weighted by Crippen LogP contribution is -2.38. The number of benzene rings is 2. The molecule has 29 heavy (non-hydrogen) atoms. The summed E-state index contributed by atoms with van der Waals surface area (Å²) in [4.78, 5) is 12.5. The Kier molecular flexibility index (Phi) is 7.24. The van der Waals surface area contributed by atoms with Crippen molar-refractivity contribution in [1.82, 2.24) is 5.32 Å². The second-order valence-electron chi connectivity index (χ2n) is 7.39. The third kappa shape index (κ3) is 5.76. The fourth-order valence-electron chi connectivity index (χ4n) is 3.29. The topological polar surface area (TPSA) is 66.5 Å². The molecule has 1 heterocycles. The molecule has 1 N–H and O–H groups in total. The highest BCUT2D eigenvalue weighted by Gasteiger charge is 2.27. The third-order valence-electron chi connectivity index (χ3n) is 5.01. The second kappa shape index (κ2) is 9.67. The number of hydrogen-bond donors (Lipinski definition) is 1. The van der Waals surface area contributed by atoms with Crippen molar-refractivity contribution < 1.29 is 13.2 Å². The van der Waals surface area contributed by atoms with Crippen LogP contribution in [0.25, 0.3) is 0 Å². The van der Waals surface area contributed by atoms with Gasteiger partial charge in [-0.2, -0.15) is 11.8 Å². The fourth-order valence-corrected chi connectivity index (χ4v) is 5.80. The molecule has 0 atom stereocenters. The van der Waals surface area contributed by atoms with E-state index < -0.39 is 10.0 Å². The van der Waals surface area contributed by atoms with E-state index in [-0.39, 0.29) is 11.7 Å². The minimum atomic E-state index is -3.30. The molecule has 0 radical (unpaired) electrons. The minimum Gasteiger partial charge on any atom is -0.351 e. The van der Waals surface area contributed by atoms with Crippen LogP contribution in [0.5, 0.6) is 0 Å². The van der Waals surface area contributed by atoms with Crippen LogP contribution in [0.4, 0.5) is 5.69 Å². The maximum absolute atomic E-state index is 12.5. The van der Waals surface area contributed by atoms with Gasteiger partial charge in [-0.05, 0) is 49.9 Å². The van der Waals surface area contributed by atoms with Gasteiger partial charge in [-0.25, -0.2) is 8.42 Å². The summed E-state index contributed by atoms with van der Waals surface area (Å²) in [7, 11) is -3.30. The van der Waals surface area contributed by atoms with Gasteiger partial charge < -0.3 is 5.32 Å². The highest BCUT2D eigenvalue weighted by molar-refractivity contribution is 7.98. The number of thioether (sulfide) groups is 1. The quantitative estimate of drug-likeness (QED) is 0.674. The standard InChI is InChI=1S/C22H28N2O3S2/c1-17-5-8-19(9-6-17)16-28-13-11-23-22(25)20-10-7-18(2)21(15-20)24-12-3-4-14-29(24,26)27/h5-10,15H,3-4,11-14,16H2,1-2H3,(H,23,25). The van der Waals surface area contributed by atoms with Gasteiger partial charge in [0, 0.05) is 30.2 Å². The van der Waals surface area contributed by atoms with Crippen LogP contribution in [0.1, 0.15) is 39.9 Å². The van der Waals surface area contributed by atoms with Gasteiger partial charge in [-0.3, -0.25) is 9.10 Å². The highest BCUT2D eigenvalue weighted by Crippen LogP contribution is 2.28. The zero-order valence-electron chi connectivity index (χ0n) is 17.0. The molecule has 2 aromatic rings. The Morgan fingerprint density at radius 3 is 2.59 bits per heavy atom. The summed E-state index contributed by atoms with van der Waals surface area (Å²) >= 11 is 1.78. The van der Waals surface area contributed by atoms with Crippen molar-refractivity contribution in [3.05, 3.63) is 64.7 Å². The minimum absolute atomic E-state index is 0.168. The molecular formula is C22H28N2O3S2. The Bertz CT molecular complexity index is 957. The summed E-state index contributed by atoms with van der Waals surface area (Å²) in [5.74, 6) is 1.73. The van der Waals surface area contributed by atoms with E-state index in [9.17, 15) is 13.2 Å². The first-order valence-corrected chi connectivity index (χ1v) is 12.7. The number of hydrogen-bond acceptors (Lipinski definition) is 4. The molecule has 0 unspecified atom stereocenters. The van der Waals surface area contributed by atoms with Crippen molar-refractivity contribution in [2.45, 2.75) is 32.4 Å². The lowest BCUT2D eigenvalue weighted by molar-refractivity contribution is 0.0956. The van der Waals surface area contributed by atoms with Crippen molar-refractivity contribution in [3.8, 4) is 0 Å². The predicted molar refractivity (Wildman–Crippen MR) is 121 cm³/mol. The normalized spacial score (nSPS) is 15.9. The number of amides is 1. The highest BCUT2D eigenvalue weighted by atomic mass is 32.2. The lowest BCUT2D eigenvalue weighted by Gasteiger charge is -2.29. The number of carbonyl (C=O) groups is 1. The number of nitrogens with zero attached hydrogens (tertiary/aromatic N) is 1. The van der Waals surface area contributed by atoms with Crippen LogP contribution in [0, 0.1) is 13.8 Å². The fraction of sp³-hybridized carbons (Fsp3) is 0.409. The molecule has 2 aromatic carbocycles. The Hall–Kier alpha value is -1.99. The van der Waals surface area contributed by atoms with E-state index in [1.54, 1.807) is 23.9 Å². The summed E-state index contributed by atoms with van der Waals surface area (Å²) in [5.41, 5.74) is 4.50. The van der Waals surface area contributed by atoms with E-state index in [1.807, 2.05) is 13.0 Å². The van der Waals surface area contributed by atoms with Gasteiger partial charge in [-0.15, -0.1) is 0 Å². The molecule has 1 fully saturated rings. The van der Waals surface area contributed by atoms with Gasteiger partial charge in [-0.1, -0.05) is 35.9 Å². The van der Waals surface area contributed by atoms with Crippen LogP contribution in [-0.2, 0) is 15.8 Å². The number of nitrogens with one attached hydrogen (secondary N) is 1. The molecule has 7 heteroatoms. The van der Waals surface area contributed by atoms with Gasteiger partial charge in [0.1, 0.15) is 0 Å². The third-order valence-corrected chi connectivity index (χ3v) is 7.90. The van der Waals surface area contributed by atoms with Crippen LogP contribution in [0.3, 0.4) is 0 Å². The maximum atomic E-state index is 12.5. The van der Waals surface area contributed by atoms with Crippen molar-refractivity contribution in [2.24, 2.45) is 0 Å². The Morgan fingerprint density at radius 1 is 1.10 bits per heavy atom. The molecule has 0 aromatic heterocycles. The van der Waals surface area contributed by atoms with E-state index in [1.165, 1.54) is 15.4 Å². The Labute approximate surface area is 177 Å². The molecule has 1 aliphatic rings. The van der Waals surface area contributed by atoms with E-state index in [4.69, 9.17) is 0 Å². The monoisotopic (exact) mass is 432 g/mol. The average molecular weight is 433 g/mol. The molecule has 0 saturated carbocycles. The first kappa shape index (κ1) is 21.7. The summed E-state index contributed by atoms with van der Waals surface area (Å²) in [6.07, 6.45) is 1.53. The smallest absolute Gasteiger partial charge is 0.251 e. The average Bonchev–Trinajstić information content (AvgIpc) is 2.69. The number of anilines is 1. The molecule has 156 valence electrons. The molecule has 5 nitrogen and oxygen atoms in total. The van der Waals surface area contributed by atoms with Crippen LogP contribution >= 0.6 is 11.8 Å². The predicted octanol–water partition coefficient (Wildman–Crippen LogP) is 3.90. The van der Waals surface area contributed by atoms with Gasteiger partial charge in [0.25, 0.3) is 5.91 Å². The molecule has 0 bridgehead atoms. The number of sulfonamides is 1. The molecular weight excluding hydrogens is 404 g/mol. The van der Waals surface area contributed by atoms with E-state index >= 15 is 0 Å². The maximum Gasteiger partial charge on any atom is 0.251 e. The van der Waals surface area contributed by atoms with Crippen LogP contribution in [0.15, 0.2) is 42.5 Å². The molecule has 0 aliphatic carbocycles. The number of rotatable bonds is 7. The summed E-state index contributed by atoms with van der Waals surface area (Å²) in [5, 5.41) is 2.94. The summed E-state index contributed by atoms with van der Waals surface area (Å²) in [6.45, 7) is 5.00. The van der Waals surface area contributed by atoms with Crippen molar-refractivity contribution in [2.75, 3.05) is 28.9 Å². The molecule has 0 spiro atoms. The van der Waals surface area contributed by atoms with Crippen LogP contribution in [-0.4, -0.2) is 38.9 Å². The molecule has 1 aliphatic heterocycles. The van der Waals surface area contributed by atoms with E-state index in [0.717, 1.165) is 23.5 Å². The first-order chi connectivity index (χ1) is 13.9. The summed E-state index contributed by atoms with van der Waals surface area (Å²) < 4.78 is 26.3. The van der Waals surface area contributed by atoms with Gasteiger partial charge in [0.05, 0.1) is 11.4 Å². The van der Waals surface area contributed by atoms with Crippen molar-refractivity contribution in [3.63, 3.8) is 0 Å². The van der Waals surface area contributed by atoms with Crippen LogP contribution in [0.2, 0.25) is 0 Å². The van der Waals surface area contributed by atoms with Gasteiger partial charge in [0.15, 0.2) is 0 Å². The SMILES string of the molecule is Cc1ccc(CSCCNC(=O)c2ccc(C)c(N3CCCCS3(=O)=O)c2)cc1. The lowest BCUT2D eigenvalue weighted by atomic mass is 10.1. The van der Waals surface area contributed by atoms with Gasteiger partial charge in [0.2, 0.25) is 10.0 Å². The largest absolute Gasteiger partial charge is 0.351 e. The number of carbonyl (C=O) groups excluding carboxylic acids is 1. The Balaban J connectivity index is 1.55. The Morgan fingerprint density at radius 2 is 1.86 bits per heavy atom. The van der Waals surface area contributed by atoms with Crippen LogP contribution < -0.4 is 9.62 Å². The van der Waals surface area contributed by atoms with Gasteiger partial charge >= 0.3 is 0 Å². The van der Waals surface area contributed by atoms with Crippen molar-refractivity contribution >= 4 is 33.4 Å². The van der Waals surface area contributed by atoms with Crippen molar-refractivity contribution in [1.29, 1.82) is 0 Å². The molecule has 3 rings (SSSR count). The molecule has 1 amide bonds. The molecule has 1 saturated heterocycles. The second-order valence-corrected chi connectivity index (χ2v) is 10.5. The first-order valence-electron chi connectivity index (χ1n) is 9.89. The van der Waals surface area contributed by atoms with E-state index in [0.29, 0.717) is 30.8 Å². The summed E-state index contributed by atoms with van der Waals surface area (Å²) in [6, 6.07) is 13.7. The van der Waals surface area contributed by atoms with E-state index in [2.05, 4.69) is 36.5 Å².